The number of benzene rings is 2. The number of rotatable bonds is 6. The van der Waals surface area contributed by atoms with E-state index in [9.17, 15) is 22.8 Å². The summed E-state index contributed by atoms with van der Waals surface area (Å²) in [4.78, 5) is 35.9. The maximum atomic E-state index is 12.3. The lowest BCUT2D eigenvalue weighted by Gasteiger charge is -2.18. The third-order valence-corrected chi connectivity index (χ3v) is 5.88. The van der Waals surface area contributed by atoms with E-state index in [1.165, 1.54) is 49.4 Å². The quantitative estimate of drug-likeness (QED) is 0.578. The summed E-state index contributed by atoms with van der Waals surface area (Å²) in [7, 11) is -3.62. The Balaban J connectivity index is 1.73. The van der Waals surface area contributed by atoms with Crippen LogP contribution in [0.1, 0.15) is 27.6 Å². The number of hydrogen-bond donors (Lipinski definition) is 1. The Hall–Kier alpha value is -3.20. The van der Waals surface area contributed by atoms with Gasteiger partial charge in [0.1, 0.15) is 5.75 Å². The number of ether oxygens (including phenoxy) is 2. The van der Waals surface area contributed by atoms with E-state index in [1.54, 1.807) is 0 Å². The van der Waals surface area contributed by atoms with Gasteiger partial charge in [-0.25, -0.2) is 13.2 Å². The molecule has 2 aromatic carbocycles. The molecule has 0 saturated carbocycles. The SMILES string of the molecule is CCS(=O)(=O)c1ccccc1C(=O)OCC(=O)c1ccc2c(c1)NC(=O)CO2. The highest BCUT2D eigenvalue weighted by molar-refractivity contribution is 7.91. The Morgan fingerprint density at radius 2 is 1.93 bits per heavy atom. The summed E-state index contributed by atoms with van der Waals surface area (Å²) in [6, 6.07) is 10.1. The molecule has 0 saturated heterocycles. The van der Waals surface area contributed by atoms with Gasteiger partial charge in [-0.05, 0) is 30.3 Å². The zero-order valence-corrected chi connectivity index (χ0v) is 15.7. The fourth-order valence-corrected chi connectivity index (χ4v) is 3.69. The van der Waals surface area contributed by atoms with Crippen molar-refractivity contribution in [3.8, 4) is 5.75 Å². The highest BCUT2D eigenvalue weighted by Gasteiger charge is 2.23. The van der Waals surface area contributed by atoms with E-state index in [1.807, 2.05) is 0 Å². The molecular formula is C19H17NO7S. The van der Waals surface area contributed by atoms with Crippen molar-refractivity contribution >= 4 is 33.2 Å². The van der Waals surface area contributed by atoms with Crippen molar-refractivity contribution in [2.24, 2.45) is 0 Å². The molecule has 0 aliphatic carbocycles. The van der Waals surface area contributed by atoms with E-state index in [0.717, 1.165) is 0 Å². The van der Waals surface area contributed by atoms with Crippen LogP contribution in [0.15, 0.2) is 47.4 Å². The third kappa shape index (κ3) is 4.04. The van der Waals surface area contributed by atoms with E-state index < -0.39 is 28.2 Å². The van der Waals surface area contributed by atoms with Crippen LogP contribution in [-0.2, 0) is 19.4 Å². The molecule has 3 rings (SSSR count). The second-order valence-electron chi connectivity index (χ2n) is 5.95. The predicted molar refractivity (Wildman–Crippen MR) is 99.3 cm³/mol. The second-order valence-corrected chi connectivity index (χ2v) is 8.19. The van der Waals surface area contributed by atoms with Crippen molar-refractivity contribution in [3.63, 3.8) is 0 Å². The lowest BCUT2D eigenvalue weighted by Crippen LogP contribution is -2.25. The van der Waals surface area contributed by atoms with Gasteiger partial charge in [0.15, 0.2) is 28.8 Å². The van der Waals surface area contributed by atoms with E-state index >= 15 is 0 Å². The van der Waals surface area contributed by atoms with Crippen LogP contribution in [0.5, 0.6) is 5.75 Å². The van der Waals surface area contributed by atoms with Crippen LogP contribution in [0.2, 0.25) is 0 Å². The van der Waals surface area contributed by atoms with Gasteiger partial charge in [-0.1, -0.05) is 19.1 Å². The predicted octanol–water partition coefficient (Wildman–Crippen LogP) is 1.85. The minimum atomic E-state index is -3.62. The van der Waals surface area contributed by atoms with Crippen molar-refractivity contribution in [1.29, 1.82) is 0 Å². The van der Waals surface area contributed by atoms with Crippen LogP contribution in [0, 0.1) is 0 Å². The van der Waals surface area contributed by atoms with Crippen molar-refractivity contribution in [2.45, 2.75) is 11.8 Å². The molecule has 28 heavy (non-hydrogen) atoms. The standard InChI is InChI=1S/C19H17NO7S/c1-2-28(24,25)17-6-4-3-5-13(17)19(23)27-10-15(21)12-7-8-16-14(9-12)20-18(22)11-26-16/h3-9H,2,10-11H2,1H3,(H,20,22). The van der Waals surface area contributed by atoms with Gasteiger partial charge < -0.3 is 14.8 Å². The summed E-state index contributed by atoms with van der Waals surface area (Å²) in [6.45, 7) is 0.796. The monoisotopic (exact) mass is 403 g/mol. The number of nitrogens with one attached hydrogen (secondary N) is 1. The Labute approximate surface area is 161 Å². The fraction of sp³-hybridized carbons (Fsp3) is 0.211. The van der Waals surface area contributed by atoms with Gasteiger partial charge in [0.25, 0.3) is 5.91 Å². The van der Waals surface area contributed by atoms with Gasteiger partial charge in [0, 0.05) is 5.56 Å². The first-order valence-corrected chi connectivity index (χ1v) is 10.1. The number of anilines is 1. The number of sulfone groups is 1. The highest BCUT2D eigenvalue weighted by Crippen LogP contribution is 2.28. The number of fused-ring (bicyclic) bond motifs is 1. The molecule has 0 atom stereocenters. The average Bonchev–Trinajstić information content (AvgIpc) is 2.71. The van der Waals surface area contributed by atoms with Gasteiger partial charge in [-0.15, -0.1) is 0 Å². The van der Waals surface area contributed by atoms with Crippen molar-refractivity contribution in [2.75, 3.05) is 24.3 Å². The van der Waals surface area contributed by atoms with E-state index in [-0.39, 0.29) is 34.3 Å². The molecule has 0 radical (unpaired) electrons. The molecule has 146 valence electrons. The first-order valence-electron chi connectivity index (χ1n) is 8.40. The lowest BCUT2D eigenvalue weighted by atomic mass is 10.1. The summed E-state index contributed by atoms with van der Waals surface area (Å²) >= 11 is 0. The average molecular weight is 403 g/mol. The number of hydrogen-bond acceptors (Lipinski definition) is 7. The van der Waals surface area contributed by atoms with Gasteiger partial charge >= 0.3 is 5.97 Å². The minimum Gasteiger partial charge on any atom is -0.482 e. The minimum absolute atomic E-state index is 0.0992. The highest BCUT2D eigenvalue weighted by atomic mass is 32.2. The van der Waals surface area contributed by atoms with Crippen molar-refractivity contribution in [1.82, 2.24) is 0 Å². The zero-order chi connectivity index (χ0) is 20.3. The van der Waals surface area contributed by atoms with Crippen LogP contribution >= 0.6 is 0 Å². The number of esters is 1. The first-order chi connectivity index (χ1) is 13.3. The molecule has 8 nitrogen and oxygen atoms in total. The Morgan fingerprint density at radius 3 is 2.68 bits per heavy atom. The molecule has 1 heterocycles. The molecule has 2 aromatic rings. The largest absolute Gasteiger partial charge is 0.482 e. The smallest absolute Gasteiger partial charge is 0.339 e. The first kappa shape index (κ1) is 19.6. The van der Waals surface area contributed by atoms with Crippen LogP contribution < -0.4 is 10.1 Å². The molecule has 1 N–H and O–H groups in total. The number of carbonyl (C=O) groups excluding carboxylic acids is 3. The summed E-state index contributed by atoms with van der Waals surface area (Å²) < 4.78 is 34.5. The van der Waals surface area contributed by atoms with Gasteiger partial charge in [-0.2, -0.15) is 0 Å². The van der Waals surface area contributed by atoms with Crippen LogP contribution in [0.3, 0.4) is 0 Å². The molecule has 9 heteroatoms. The molecule has 0 aromatic heterocycles. The van der Waals surface area contributed by atoms with Crippen LogP contribution in [0.4, 0.5) is 5.69 Å². The second kappa shape index (κ2) is 7.81. The number of Topliss-reactive ketones (excluding diaryl/α,β-unsaturated/α-hetero) is 1. The number of ketones is 1. The fourth-order valence-electron chi connectivity index (χ4n) is 2.61. The van der Waals surface area contributed by atoms with E-state index in [0.29, 0.717) is 11.4 Å². The molecule has 0 fully saturated rings. The lowest BCUT2D eigenvalue weighted by molar-refractivity contribution is -0.118. The third-order valence-electron chi connectivity index (χ3n) is 4.09. The van der Waals surface area contributed by atoms with Gasteiger partial charge in [0.2, 0.25) is 0 Å². The molecule has 0 spiro atoms. The normalized spacial score (nSPS) is 13.1. The van der Waals surface area contributed by atoms with Crippen molar-refractivity contribution in [3.05, 3.63) is 53.6 Å². The summed E-state index contributed by atoms with van der Waals surface area (Å²) in [5.41, 5.74) is 0.447. The van der Waals surface area contributed by atoms with Crippen LogP contribution in [-0.4, -0.2) is 45.0 Å². The maximum Gasteiger partial charge on any atom is 0.339 e. The summed E-state index contributed by atoms with van der Waals surface area (Å²) in [6.07, 6.45) is 0. The molecule has 1 aliphatic heterocycles. The summed E-state index contributed by atoms with van der Waals surface area (Å²) in [5, 5.41) is 2.59. The van der Waals surface area contributed by atoms with Gasteiger partial charge in [-0.3, -0.25) is 9.59 Å². The number of carbonyl (C=O) groups is 3. The molecule has 0 bridgehead atoms. The Kier molecular flexibility index (Phi) is 5.46. The van der Waals surface area contributed by atoms with E-state index in [2.05, 4.69) is 5.32 Å². The molecule has 0 unspecified atom stereocenters. The molecule has 1 aliphatic rings. The Morgan fingerprint density at radius 1 is 1.18 bits per heavy atom. The zero-order valence-electron chi connectivity index (χ0n) is 14.9. The molecular weight excluding hydrogens is 386 g/mol. The van der Waals surface area contributed by atoms with Gasteiger partial charge in [0.05, 0.1) is 21.9 Å². The maximum absolute atomic E-state index is 12.3. The Bertz CT molecular complexity index is 1060. The van der Waals surface area contributed by atoms with Crippen LogP contribution in [0.25, 0.3) is 0 Å². The summed E-state index contributed by atoms with van der Waals surface area (Å²) in [5.74, 6) is -1.48. The van der Waals surface area contributed by atoms with E-state index in [4.69, 9.17) is 9.47 Å². The topological polar surface area (TPSA) is 116 Å². The van der Waals surface area contributed by atoms with Crippen molar-refractivity contribution < 1.29 is 32.3 Å². The number of amides is 1. The molecule has 1 amide bonds.